The zero-order valence-electron chi connectivity index (χ0n) is 48.0. The Balaban J connectivity index is 1.48. The van der Waals surface area contributed by atoms with Gasteiger partial charge in [-0.25, -0.2) is 19.2 Å². The first-order valence-electron chi connectivity index (χ1n) is 26.5. The number of nitrogens with one attached hydrogen (secondary N) is 6. The van der Waals surface area contributed by atoms with Gasteiger partial charge in [-0.1, -0.05) is 79.4 Å². The molecule has 25 heteroatoms. The Labute approximate surface area is 477 Å². The zero-order valence-corrected chi connectivity index (χ0v) is 48.8. The second kappa shape index (κ2) is 27.9. The van der Waals surface area contributed by atoms with Gasteiger partial charge in [0.2, 0.25) is 17.7 Å². The number of para-hydroxylation sites is 2. The highest BCUT2D eigenvalue weighted by atomic mass is 32.2. The van der Waals surface area contributed by atoms with Crippen LogP contribution in [0.4, 0.5) is 19.2 Å². The molecule has 0 fully saturated rings. The summed E-state index contributed by atoms with van der Waals surface area (Å²) in [6.45, 7) is 18.8. The van der Waals surface area contributed by atoms with Crippen molar-refractivity contribution in [2.45, 2.75) is 142 Å². The van der Waals surface area contributed by atoms with Crippen molar-refractivity contribution < 1.29 is 65.7 Å². The average molecular weight is 1160 g/mol. The number of aromatic nitrogens is 2. The molecular formula is C57H76N10O14S. The van der Waals surface area contributed by atoms with E-state index < -0.39 is 106 Å². The second-order valence-electron chi connectivity index (χ2n) is 22.3. The largest absolute Gasteiger partial charge is 0.445 e. The number of nitrogens with zero attached hydrogens (tertiary/aromatic N) is 3. The van der Waals surface area contributed by atoms with Crippen LogP contribution in [0, 0.1) is 0 Å². The molecule has 4 atom stereocenters. The molecular weight excluding hydrogens is 1080 g/mol. The zero-order chi connectivity index (χ0) is 60.7. The van der Waals surface area contributed by atoms with Crippen LogP contribution >= 0.6 is 0 Å². The first-order chi connectivity index (χ1) is 38.3. The number of primary amides is 1. The van der Waals surface area contributed by atoms with Gasteiger partial charge in [0.1, 0.15) is 47.6 Å². The first kappa shape index (κ1) is 64.5. The van der Waals surface area contributed by atoms with E-state index in [-0.39, 0.29) is 38.0 Å². The maximum absolute atomic E-state index is 14.9. The number of unbranched alkanes of at least 4 members (excludes halogenated alkanes) is 1. The molecule has 444 valence electrons. The van der Waals surface area contributed by atoms with Crippen molar-refractivity contribution in [2.75, 3.05) is 20.2 Å². The summed E-state index contributed by atoms with van der Waals surface area (Å²) in [7, 11) is -4.05. The number of hydrazine groups is 1. The molecule has 0 bridgehead atoms. The Morgan fingerprint density at radius 3 is 1.60 bits per heavy atom. The number of alkyl carbamates (subject to hydrolysis) is 2. The fourth-order valence-electron chi connectivity index (χ4n) is 8.32. The Morgan fingerprint density at radius 1 is 0.610 bits per heavy atom. The van der Waals surface area contributed by atoms with E-state index in [4.69, 9.17) is 24.7 Å². The van der Waals surface area contributed by atoms with Crippen LogP contribution in [0.25, 0.3) is 21.8 Å². The Bertz CT molecular complexity index is 3230. The molecule has 0 saturated heterocycles. The monoisotopic (exact) mass is 1160 g/mol. The van der Waals surface area contributed by atoms with Gasteiger partial charge in [-0.3, -0.25) is 33.7 Å². The third-order valence-electron chi connectivity index (χ3n) is 12.0. The summed E-state index contributed by atoms with van der Waals surface area (Å²) in [5, 5.41) is 11.3. The summed E-state index contributed by atoms with van der Waals surface area (Å²) in [6, 6.07) is 15.8. The summed E-state index contributed by atoms with van der Waals surface area (Å²) < 4.78 is 56.1. The molecule has 0 aliphatic carbocycles. The number of fused-ring (bicyclic) bond motifs is 2. The van der Waals surface area contributed by atoms with E-state index in [0.29, 0.717) is 50.2 Å². The van der Waals surface area contributed by atoms with Gasteiger partial charge in [0.05, 0.1) is 11.0 Å². The van der Waals surface area contributed by atoms with Gasteiger partial charge in [0, 0.05) is 49.6 Å². The minimum absolute atomic E-state index is 0.0487. The van der Waals surface area contributed by atoms with Crippen LogP contribution in [-0.2, 0) is 67.6 Å². The van der Waals surface area contributed by atoms with Crippen LogP contribution in [0.5, 0.6) is 0 Å². The highest BCUT2D eigenvalue weighted by Gasteiger charge is 2.35. The number of hydrogen-bond donors (Lipinski definition) is 7. The highest BCUT2D eigenvalue weighted by molar-refractivity contribution is 7.87. The third-order valence-corrected chi connectivity index (χ3v) is 13.4. The average Bonchev–Trinajstić information content (AvgIpc) is 4.20. The van der Waals surface area contributed by atoms with Gasteiger partial charge in [-0.2, -0.15) is 13.1 Å². The molecule has 0 radical (unpaired) electrons. The molecule has 5 rings (SSSR count). The van der Waals surface area contributed by atoms with Crippen LogP contribution in [0.1, 0.15) is 98.3 Å². The highest BCUT2D eigenvalue weighted by Crippen LogP contribution is 2.27. The van der Waals surface area contributed by atoms with E-state index in [1.54, 1.807) is 141 Å². The lowest BCUT2D eigenvalue weighted by molar-refractivity contribution is -0.132. The number of rotatable bonds is 24. The summed E-state index contributed by atoms with van der Waals surface area (Å²) in [4.78, 5) is 109. The van der Waals surface area contributed by atoms with Gasteiger partial charge >= 0.3 is 24.4 Å². The molecule has 24 nitrogen and oxygen atoms in total. The summed E-state index contributed by atoms with van der Waals surface area (Å²) in [6.07, 6.45) is 0.759. The summed E-state index contributed by atoms with van der Waals surface area (Å²) in [5.41, 5.74) is 7.53. The van der Waals surface area contributed by atoms with Crippen LogP contribution in [0.3, 0.4) is 0 Å². The van der Waals surface area contributed by atoms with Crippen molar-refractivity contribution in [3.63, 3.8) is 0 Å². The molecule has 6 amide bonds. The molecule has 8 N–H and O–H groups in total. The lowest BCUT2D eigenvalue weighted by atomic mass is 10.0. The molecule has 0 unspecified atom stereocenters. The van der Waals surface area contributed by atoms with Crippen molar-refractivity contribution in [2.24, 2.45) is 5.73 Å². The van der Waals surface area contributed by atoms with Crippen molar-refractivity contribution in [1.29, 1.82) is 0 Å². The lowest BCUT2D eigenvalue weighted by Crippen LogP contribution is -2.60. The van der Waals surface area contributed by atoms with Gasteiger partial charge in [0.15, 0.2) is 0 Å². The van der Waals surface area contributed by atoms with Gasteiger partial charge in [-0.05, 0) is 117 Å². The Kier molecular flexibility index (Phi) is 22.0. The number of nitrogens with two attached hydrogens (primary N) is 1. The smallest absolute Gasteiger partial charge is 0.419 e. The fourth-order valence-corrected chi connectivity index (χ4v) is 9.24. The van der Waals surface area contributed by atoms with Crippen molar-refractivity contribution in [1.82, 2.24) is 45.0 Å². The number of benzene rings is 3. The van der Waals surface area contributed by atoms with Crippen LogP contribution in [0.15, 0.2) is 104 Å². The van der Waals surface area contributed by atoms with E-state index in [9.17, 15) is 46.8 Å². The Hall–Kier alpha value is -8.29. The van der Waals surface area contributed by atoms with Crippen molar-refractivity contribution in [3.8, 4) is 0 Å². The predicted octanol–water partition coefficient (Wildman–Crippen LogP) is 5.79. The molecule has 3 aromatic carbocycles. The Morgan fingerprint density at radius 2 is 1.09 bits per heavy atom. The quantitative estimate of drug-likeness (QED) is 0.0167. The standard InChI is InChI=1S/C57H76N10O14S/c1-12-30-78-52(73)62-43(32-37-34-66(53(74)80-56(5,6)7)45-27-18-16-24-39(37)45)50(71)63-65(11)82(76,77)64-44(33-38-35-67(54(75)81-57(8,9)10)46-28-19-17-25-40(38)46)49(70)61-42(31-36-22-14-13-15-23-36)48(69)60-41(47(58)68)26-20-21-29-59-51(72)79-55(2,3)4/h12-19,22-25,27-28,34-35,41-44,64H,1,20-21,26,29-33H2,2-11H3,(H2,58,68)(H,59,72)(H,60,69)(H,61,70)(H,62,73)(H,63,71)/t41-,42+,43+,44-/m0/s1. The van der Waals surface area contributed by atoms with Crippen molar-refractivity contribution in [3.05, 3.63) is 121 Å². The number of hydrogen-bond acceptors (Lipinski definition) is 14. The molecule has 0 saturated carbocycles. The topological polar surface area (TPSA) is 319 Å². The molecule has 0 aliphatic heterocycles. The minimum atomic E-state index is -5.02. The van der Waals surface area contributed by atoms with E-state index in [1.165, 1.54) is 27.6 Å². The maximum Gasteiger partial charge on any atom is 0.419 e. The predicted molar refractivity (Wildman–Crippen MR) is 306 cm³/mol. The van der Waals surface area contributed by atoms with Gasteiger partial charge < -0.3 is 45.9 Å². The lowest BCUT2D eigenvalue weighted by Gasteiger charge is -2.27. The molecule has 2 aromatic heterocycles. The first-order valence-corrected chi connectivity index (χ1v) is 27.9. The minimum Gasteiger partial charge on any atom is -0.445 e. The number of ether oxygens (including phenoxy) is 4. The maximum atomic E-state index is 14.9. The fraction of sp³-hybridized carbons (Fsp3) is 0.439. The molecule has 0 spiro atoms. The van der Waals surface area contributed by atoms with Crippen molar-refractivity contribution >= 4 is 80.0 Å². The van der Waals surface area contributed by atoms with Gasteiger partial charge in [-0.15, -0.1) is 4.41 Å². The molecule has 5 aromatic rings. The summed E-state index contributed by atoms with van der Waals surface area (Å²) >= 11 is 0. The SMILES string of the molecule is C=CCOC(=O)N[C@H](Cc1cn(C(=O)OC(C)(C)C)c2ccccc12)C(=O)NN(C)S(=O)(=O)N[C@@H](Cc1cn(C(=O)OC(C)(C)C)c2ccccc12)C(=O)N[C@H](Cc1ccccc1)C(=O)N[C@@H](CCCCNC(=O)OC(C)(C)C)C(N)=O. The second-order valence-corrected chi connectivity index (χ2v) is 24.0. The van der Waals surface area contributed by atoms with E-state index in [0.717, 1.165) is 7.05 Å². The molecule has 0 aliphatic rings. The number of carbonyl (C=O) groups excluding carboxylic acids is 8. The van der Waals surface area contributed by atoms with Crippen LogP contribution < -0.4 is 37.1 Å². The van der Waals surface area contributed by atoms with Gasteiger partial charge in [0.25, 0.3) is 16.1 Å². The van der Waals surface area contributed by atoms with E-state index in [1.807, 2.05) is 0 Å². The van der Waals surface area contributed by atoms with E-state index >= 15 is 0 Å². The number of amides is 6. The third kappa shape index (κ3) is 19.5. The molecule has 82 heavy (non-hydrogen) atoms. The molecule has 2 heterocycles. The normalized spacial score (nSPS) is 13.5. The van der Waals surface area contributed by atoms with E-state index in [2.05, 4.69) is 38.0 Å². The van der Waals surface area contributed by atoms with Crippen LogP contribution in [0.2, 0.25) is 0 Å². The number of carbonyl (C=O) groups is 8. The van der Waals surface area contributed by atoms with Crippen LogP contribution in [-0.4, -0.2) is 131 Å². The summed E-state index contributed by atoms with van der Waals surface area (Å²) in [5.74, 6) is -3.86.